The first kappa shape index (κ1) is 28.0. The number of anilines is 3. The van der Waals surface area contributed by atoms with Crippen molar-refractivity contribution in [2.75, 3.05) is 22.1 Å². The molecule has 0 saturated carbocycles. The van der Waals surface area contributed by atoms with Gasteiger partial charge in [0.1, 0.15) is 12.2 Å². The van der Waals surface area contributed by atoms with Gasteiger partial charge in [-0.05, 0) is 56.2 Å². The van der Waals surface area contributed by atoms with Gasteiger partial charge in [-0.2, -0.15) is 0 Å². The van der Waals surface area contributed by atoms with Gasteiger partial charge in [0, 0.05) is 29.5 Å². The van der Waals surface area contributed by atoms with E-state index < -0.39 is 41.4 Å². The van der Waals surface area contributed by atoms with Crippen molar-refractivity contribution in [2.24, 2.45) is 5.92 Å². The molecule has 4 atom stereocenters. The highest BCUT2D eigenvalue weighted by atomic mass is 16.3. The van der Waals surface area contributed by atoms with E-state index in [-0.39, 0.29) is 13.2 Å². The highest BCUT2D eigenvalue weighted by Gasteiger charge is 2.52. The van der Waals surface area contributed by atoms with Crippen molar-refractivity contribution in [2.45, 2.75) is 51.5 Å². The fourth-order valence-corrected chi connectivity index (χ4v) is 4.07. The molecule has 198 valence electrons. The molecular weight excluding hydrogens is 478 g/mol. The summed E-state index contributed by atoms with van der Waals surface area (Å²) in [6.45, 7) is 4.45. The Labute approximate surface area is 215 Å². The summed E-state index contributed by atoms with van der Waals surface area (Å²) in [5.41, 5.74) is 0.383. The molecule has 0 spiro atoms. The summed E-state index contributed by atoms with van der Waals surface area (Å²) >= 11 is 0. The van der Waals surface area contributed by atoms with Gasteiger partial charge in [-0.25, -0.2) is 0 Å². The van der Waals surface area contributed by atoms with Gasteiger partial charge < -0.3 is 36.0 Å². The Balaban J connectivity index is 1.95. The molecule has 1 heterocycles. The Morgan fingerprint density at radius 3 is 2.11 bits per heavy atom. The number of carbonyl (C=O) groups excluding carboxylic acids is 3. The van der Waals surface area contributed by atoms with Gasteiger partial charge in [0.05, 0.1) is 12.2 Å². The number of amides is 3. The number of carbonyl (C=O) groups is 3. The van der Waals surface area contributed by atoms with Gasteiger partial charge in [-0.1, -0.05) is 31.2 Å². The Hall–Kier alpha value is -3.57. The molecule has 0 fully saturated rings. The molecule has 2 aromatic carbocycles. The summed E-state index contributed by atoms with van der Waals surface area (Å²) in [7, 11) is 0. The van der Waals surface area contributed by atoms with E-state index in [1.807, 2.05) is 0 Å². The molecule has 3 amide bonds. The quantitative estimate of drug-likeness (QED) is 0.265. The summed E-state index contributed by atoms with van der Waals surface area (Å²) < 4.78 is 0. The Morgan fingerprint density at radius 2 is 1.54 bits per heavy atom. The third kappa shape index (κ3) is 6.05. The molecule has 1 aliphatic heterocycles. The van der Waals surface area contributed by atoms with Crippen LogP contribution in [-0.2, 0) is 26.5 Å². The maximum atomic E-state index is 13.7. The largest absolute Gasteiger partial charge is 0.396 e. The highest BCUT2D eigenvalue weighted by Crippen LogP contribution is 2.46. The summed E-state index contributed by atoms with van der Waals surface area (Å²) in [4.78, 5) is 38.8. The van der Waals surface area contributed by atoms with E-state index in [1.54, 1.807) is 55.5 Å². The fourth-order valence-electron chi connectivity index (χ4n) is 4.07. The molecule has 0 radical (unpaired) electrons. The zero-order valence-electron chi connectivity index (χ0n) is 21.0. The number of aliphatic hydroxyl groups is 4. The molecule has 0 aromatic heterocycles. The number of fused-ring (bicyclic) bond motifs is 1. The molecule has 6 N–H and O–H groups in total. The lowest BCUT2D eigenvalue weighted by atomic mass is 9.82. The van der Waals surface area contributed by atoms with Crippen LogP contribution in [0.4, 0.5) is 17.1 Å². The van der Waals surface area contributed by atoms with Crippen LogP contribution in [0.3, 0.4) is 0 Å². The molecule has 0 bridgehead atoms. The predicted molar refractivity (Wildman–Crippen MR) is 139 cm³/mol. The van der Waals surface area contributed by atoms with Crippen LogP contribution < -0.4 is 15.5 Å². The topological polar surface area (TPSA) is 159 Å². The van der Waals surface area contributed by atoms with E-state index in [2.05, 4.69) is 10.6 Å². The van der Waals surface area contributed by atoms with E-state index >= 15 is 0 Å². The van der Waals surface area contributed by atoms with Crippen molar-refractivity contribution in [1.29, 1.82) is 0 Å². The number of nitrogens with one attached hydrogen (secondary N) is 2. The average molecular weight is 512 g/mol. The van der Waals surface area contributed by atoms with Crippen molar-refractivity contribution < 1.29 is 34.8 Å². The number of hydrogen-bond donors (Lipinski definition) is 6. The molecule has 3 rings (SSSR count). The SMILES string of the molecule is C[C@H](O)C(=O)Nc1ccc(CN2C(=O)[C@@](O)([C@@H](C)/C=C/CCO)c3cc(NC(=O)[C@H](C)O)ccc32)cc1. The smallest absolute Gasteiger partial charge is 0.264 e. The summed E-state index contributed by atoms with van der Waals surface area (Å²) in [6.07, 6.45) is 1.34. The first-order chi connectivity index (χ1) is 17.5. The predicted octanol–water partition coefficient (Wildman–Crippen LogP) is 1.63. The van der Waals surface area contributed by atoms with Crippen LogP contribution in [0.25, 0.3) is 0 Å². The lowest BCUT2D eigenvalue weighted by Crippen LogP contribution is -2.44. The van der Waals surface area contributed by atoms with Gasteiger partial charge in [-0.3, -0.25) is 14.4 Å². The van der Waals surface area contributed by atoms with Crippen molar-refractivity contribution in [3.63, 3.8) is 0 Å². The first-order valence-electron chi connectivity index (χ1n) is 12.0. The Kier molecular flexibility index (Phi) is 8.82. The Morgan fingerprint density at radius 1 is 0.973 bits per heavy atom. The third-order valence-electron chi connectivity index (χ3n) is 6.24. The number of aliphatic hydroxyl groups excluding tert-OH is 3. The van der Waals surface area contributed by atoms with Crippen molar-refractivity contribution in [3.05, 3.63) is 65.7 Å². The zero-order valence-corrected chi connectivity index (χ0v) is 21.0. The van der Waals surface area contributed by atoms with Crippen LogP contribution in [0.15, 0.2) is 54.6 Å². The van der Waals surface area contributed by atoms with Gasteiger partial charge in [0.15, 0.2) is 5.60 Å². The van der Waals surface area contributed by atoms with E-state index in [0.717, 1.165) is 5.56 Å². The van der Waals surface area contributed by atoms with Gasteiger partial charge >= 0.3 is 0 Å². The molecule has 2 aromatic rings. The van der Waals surface area contributed by atoms with Crippen LogP contribution in [0.2, 0.25) is 0 Å². The number of rotatable bonds is 10. The van der Waals surface area contributed by atoms with Gasteiger partial charge in [0.2, 0.25) is 0 Å². The molecule has 37 heavy (non-hydrogen) atoms. The molecule has 0 aliphatic carbocycles. The Bertz CT molecular complexity index is 1180. The van der Waals surface area contributed by atoms with Crippen molar-refractivity contribution >= 4 is 34.8 Å². The fraction of sp³-hybridized carbons (Fsp3) is 0.370. The first-order valence-corrected chi connectivity index (χ1v) is 12.0. The molecule has 0 unspecified atom stereocenters. The maximum absolute atomic E-state index is 13.7. The zero-order chi connectivity index (χ0) is 27.3. The minimum Gasteiger partial charge on any atom is -0.396 e. The molecular formula is C27H33N3O7. The normalized spacial score (nSPS) is 19.4. The van der Waals surface area contributed by atoms with Crippen LogP contribution in [-0.4, -0.2) is 57.0 Å². The molecule has 0 saturated heterocycles. The summed E-state index contributed by atoms with van der Waals surface area (Å²) in [5, 5.41) is 44.9. The molecule has 1 aliphatic rings. The molecule has 10 nitrogen and oxygen atoms in total. The van der Waals surface area contributed by atoms with Crippen molar-refractivity contribution in [1.82, 2.24) is 0 Å². The average Bonchev–Trinajstić information content (AvgIpc) is 3.07. The lowest BCUT2D eigenvalue weighted by molar-refractivity contribution is -0.139. The van der Waals surface area contributed by atoms with Crippen LogP contribution in [0.1, 0.15) is 38.3 Å². The van der Waals surface area contributed by atoms with Gasteiger partial charge in [-0.15, -0.1) is 0 Å². The van der Waals surface area contributed by atoms with Crippen LogP contribution in [0.5, 0.6) is 0 Å². The van der Waals surface area contributed by atoms with Crippen LogP contribution in [0, 0.1) is 5.92 Å². The number of hydrogen-bond acceptors (Lipinski definition) is 7. The second-order valence-corrected chi connectivity index (χ2v) is 9.15. The summed E-state index contributed by atoms with van der Waals surface area (Å²) in [6, 6.07) is 11.5. The highest BCUT2D eigenvalue weighted by molar-refractivity contribution is 6.08. The van der Waals surface area contributed by atoms with E-state index in [9.17, 15) is 29.7 Å². The van der Waals surface area contributed by atoms with E-state index in [1.165, 1.54) is 24.8 Å². The molecule has 10 heteroatoms. The number of nitrogens with zero attached hydrogens (tertiary/aromatic N) is 1. The standard InChI is InChI=1S/C27H33N3O7/c1-16(6-4-5-13-31)27(37)22-14-21(29-25(35)18(3)33)11-12-23(22)30(26(27)36)15-19-7-9-20(10-8-19)28-24(34)17(2)32/h4,6-12,14,16-18,31-33,37H,5,13,15H2,1-3H3,(H,28,34)(H,29,35)/b6-4+/t16-,17-,18-,27+/m0/s1. The van der Waals surface area contributed by atoms with Gasteiger partial charge in [0.25, 0.3) is 17.7 Å². The monoisotopic (exact) mass is 511 g/mol. The van der Waals surface area contributed by atoms with E-state index in [4.69, 9.17) is 5.11 Å². The van der Waals surface area contributed by atoms with E-state index in [0.29, 0.717) is 29.0 Å². The summed E-state index contributed by atoms with van der Waals surface area (Å²) in [5.74, 6) is -2.36. The minimum atomic E-state index is -1.93. The number of benzene rings is 2. The lowest BCUT2D eigenvalue weighted by Gasteiger charge is -2.28. The minimum absolute atomic E-state index is 0.0680. The second kappa shape index (κ2) is 11.7. The van der Waals surface area contributed by atoms with Crippen LogP contribution >= 0.6 is 0 Å². The van der Waals surface area contributed by atoms with Crippen molar-refractivity contribution in [3.8, 4) is 0 Å². The third-order valence-corrected chi connectivity index (χ3v) is 6.24. The maximum Gasteiger partial charge on any atom is 0.264 e. The second-order valence-electron chi connectivity index (χ2n) is 9.15.